The largest absolute Gasteiger partial charge is 0.381 e. The summed E-state index contributed by atoms with van der Waals surface area (Å²) in [7, 11) is 1.89. The van der Waals surface area contributed by atoms with Crippen LogP contribution in [0, 0.1) is 5.41 Å². The van der Waals surface area contributed by atoms with E-state index >= 15 is 0 Å². The van der Waals surface area contributed by atoms with Crippen LogP contribution in [0.4, 0.5) is 0 Å². The van der Waals surface area contributed by atoms with Gasteiger partial charge >= 0.3 is 0 Å². The van der Waals surface area contributed by atoms with E-state index in [1.807, 2.05) is 30.3 Å². The van der Waals surface area contributed by atoms with Crippen molar-refractivity contribution in [3.8, 4) is 0 Å². The molecule has 6 heteroatoms. The molecule has 112 valence electrons. The number of ether oxygens (including phenoxy) is 2. The molecule has 1 fully saturated rings. The van der Waals surface area contributed by atoms with Gasteiger partial charge in [-0.1, -0.05) is 30.3 Å². The van der Waals surface area contributed by atoms with Crippen LogP contribution in [0.2, 0.25) is 0 Å². The number of halogens is 1. The van der Waals surface area contributed by atoms with E-state index in [1.165, 1.54) is 0 Å². The Kier molecular flexibility index (Phi) is 5.43. The van der Waals surface area contributed by atoms with Gasteiger partial charge in [0.05, 0.1) is 19.0 Å². The van der Waals surface area contributed by atoms with E-state index in [1.54, 1.807) is 0 Å². The molecule has 1 aliphatic heterocycles. The molecule has 1 saturated heterocycles. The summed E-state index contributed by atoms with van der Waals surface area (Å²) in [6.07, 6.45) is 1.32. The summed E-state index contributed by atoms with van der Waals surface area (Å²) in [5.74, 6) is -0.0558. The molecule has 0 N–H and O–H groups in total. The monoisotopic (exact) mass is 318 g/mol. The Bertz CT molecular complexity index is 509. The van der Waals surface area contributed by atoms with Crippen LogP contribution in [0.25, 0.3) is 0 Å². The Morgan fingerprint density at radius 1 is 1.20 bits per heavy atom. The molecule has 0 amide bonds. The van der Waals surface area contributed by atoms with Gasteiger partial charge in [-0.3, -0.25) is 0 Å². The molecular weight excluding hydrogens is 300 g/mol. The van der Waals surface area contributed by atoms with E-state index in [0.717, 1.165) is 5.56 Å². The van der Waals surface area contributed by atoms with E-state index in [0.29, 0.717) is 39.3 Å². The van der Waals surface area contributed by atoms with Gasteiger partial charge in [0.2, 0.25) is 9.05 Å². The molecule has 0 aromatic heterocycles. The van der Waals surface area contributed by atoms with Crippen molar-refractivity contribution in [2.75, 3.05) is 25.6 Å². The second kappa shape index (κ2) is 6.89. The van der Waals surface area contributed by atoms with Crippen LogP contribution in [-0.2, 0) is 25.1 Å². The molecule has 0 aliphatic carbocycles. The topological polar surface area (TPSA) is 52.6 Å². The molecule has 1 aliphatic rings. The maximum atomic E-state index is 11.4. The van der Waals surface area contributed by atoms with Crippen LogP contribution < -0.4 is 0 Å². The fourth-order valence-electron chi connectivity index (χ4n) is 2.46. The molecule has 1 aromatic carbocycles. The van der Waals surface area contributed by atoms with Gasteiger partial charge in [0.25, 0.3) is 0 Å². The first-order valence-electron chi connectivity index (χ1n) is 6.61. The highest BCUT2D eigenvalue weighted by Gasteiger charge is 2.37. The van der Waals surface area contributed by atoms with Gasteiger partial charge in [-0.25, -0.2) is 8.42 Å². The Morgan fingerprint density at radius 2 is 1.85 bits per heavy atom. The zero-order chi connectivity index (χ0) is 14.5. The zero-order valence-electron chi connectivity index (χ0n) is 11.3. The average molecular weight is 319 g/mol. The molecule has 0 unspecified atom stereocenters. The smallest absolute Gasteiger partial charge is 0.233 e. The standard InChI is InChI=1S/C14H19ClO4S/c15-20(16,17)12-14(6-8-18-9-7-14)11-19-10-13-4-2-1-3-5-13/h1-5H,6-12H2. The van der Waals surface area contributed by atoms with Crippen LogP contribution in [0.3, 0.4) is 0 Å². The summed E-state index contributed by atoms with van der Waals surface area (Å²) in [6.45, 7) is 1.98. The van der Waals surface area contributed by atoms with Crippen LogP contribution in [0.1, 0.15) is 18.4 Å². The third-order valence-corrected chi connectivity index (χ3v) is 4.84. The molecule has 1 heterocycles. The molecule has 0 bridgehead atoms. The van der Waals surface area contributed by atoms with Crippen molar-refractivity contribution in [3.05, 3.63) is 35.9 Å². The predicted molar refractivity (Wildman–Crippen MR) is 78.2 cm³/mol. The van der Waals surface area contributed by atoms with Gasteiger partial charge in [-0.2, -0.15) is 0 Å². The molecule has 0 atom stereocenters. The van der Waals surface area contributed by atoms with Crippen molar-refractivity contribution in [2.24, 2.45) is 5.41 Å². The molecule has 4 nitrogen and oxygen atoms in total. The third kappa shape index (κ3) is 5.05. The van der Waals surface area contributed by atoms with Gasteiger partial charge in [-0.05, 0) is 18.4 Å². The minimum absolute atomic E-state index is 0.0558. The average Bonchev–Trinajstić information content (AvgIpc) is 2.39. The third-order valence-electron chi connectivity index (χ3n) is 3.55. The van der Waals surface area contributed by atoms with Gasteiger partial charge in [0.1, 0.15) is 0 Å². The van der Waals surface area contributed by atoms with Crippen LogP contribution in [0.15, 0.2) is 30.3 Å². The predicted octanol–water partition coefficient (Wildman–Crippen LogP) is 2.57. The van der Waals surface area contributed by atoms with E-state index in [-0.39, 0.29) is 5.75 Å². The molecule has 0 saturated carbocycles. The minimum Gasteiger partial charge on any atom is -0.381 e. The van der Waals surface area contributed by atoms with Gasteiger partial charge in [0.15, 0.2) is 0 Å². The molecule has 0 radical (unpaired) electrons. The molecule has 0 spiro atoms. The van der Waals surface area contributed by atoms with E-state index in [9.17, 15) is 8.42 Å². The van der Waals surface area contributed by atoms with Crippen molar-refractivity contribution in [1.29, 1.82) is 0 Å². The summed E-state index contributed by atoms with van der Waals surface area (Å²) in [6, 6.07) is 9.81. The lowest BCUT2D eigenvalue weighted by molar-refractivity contribution is -0.0323. The highest BCUT2D eigenvalue weighted by Crippen LogP contribution is 2.33. The SMILES string of the molecule is O=S(=O)(Cl)CC1(COCc2ccccc2)CCOCC1. The first-order chi connectivity index (χ1) is 9.49. The maximum Gasteiger partial charge on any atom is 0.233 e. The fraction of sp³-hybridized carbons (Fsp3) is 0.571. The lowest BCUT2D eigenvalue weighted by atomic mass is 9.83. The van der Waals surface area contributed by atoms with Crippen LogP contribution >= 0.6 is 10.7 Å². The quantitative estimate of drug-likeness (QED) is 0.756. The molecular formula is C14H19ClO4S. The van der Waals surface area contributed by atoms with Crippen LogP contribution in [-0.4, -0.2) is 34.0 Å². The highest BCUT2D eigenvalue weighted by atomic mass is 35.7. The number of rotatable bonds is 6. The summed E-state index contributed by atoms with van der Waals surface area (Å²) in [4.78, 5) is 0. The van der Waals surface area contributed by atoms with Crippen molar-refractivity contribution in [1.82, 2.24) is 0 Å². The molecule has 20 heavy (non-hydrogen) atoms. The Morgan fingerprint density at radius 3 is 2.45 bits per heavy atom. The number of benzene rings is 1. The summed E-state index contributed by atoms with van der Waals surface area (Å²) >= 11 is 0. The van der Waals surface area contributed by atoms with E-state index in [2.05, 4.69) is 0 Å². The first-order valence-corrected chi connectivity index (χ1v) is 9.09. The fourth-order valence-corrected chi connectivity index (χ4v) is 4.26. The Labute approximate surface area is 124 Å². The lowest BCUT2D eigenvalue weighted by Gasteiger charge is -2.35. The van der Waals surface area contributed by atoms with Crippen molar-refractivity contribution in [3.63, 3.8) is 0 Å². The van der Waals surface area contributed by atoms with E-state index < -0.39 is 14.5 Å². The van der Waals surface area contributed by atoms with Crippen molar-refractivity contribution < 1.29 is 17.9 Å². The van der Waals surface area contributed by atoms with Gasteiger partial charge in [-0.15, -0.1) is 0 Å². The summed E-state index contributed by atoms with van der Waals surface area (Å²) < 4.78 is 33.9. The second-order valence-electron chi connectivity index (χ2n) is 5.27. The first kappa shape index (κ1) is 15.8. The van der Waals surface area contributed by atoms with Gasteiger partial charge < -0.3 is 9.47 Å². The molecule has 2 rings (SSSR count). The second-order valence-corrected chi connectivity index (χ2v) is 8.05. The Balaban J connectivity index is 1.94. The van der Waals surface area contributed by atoms with Crippen molar-refractivity contribution in [2.45, 2.75) is 19.4 Å². The number of hydrogen-bond donors (Lipinski definition) is 0. The maximum absolute atomic E-state index is 11.4. The van der Waals surface area contributed by atoms with Crippen LogP contribution in [0.5, 0.6) is 0 Å². The lowest BCUT2D eigenvalue weighted by Crippen LogP contribution is -2.39. The summed E-state index contributed by atoms with van der Waals surface area (Å²) in [5, 5.41) is 0. The van der Waals surface area contributed by atoms with E-state index in [4.69, 9.17) is 20.2 Å². The highest BCUT2D eigenvalue weighted by molar-refractivity contribution is 8.13. The molecule has 1 aromatic rings. The Hall–Kier alpha value is -0.620. The van der Waals surface area contributed by atoms with Gasteiger partial charge in [0, 0.05) is 29.3 Å². The minimum atomic E-state index is -3.54. The van der Waals surface area contributed by atoms with Crippen molar-refractivity contribution >= 4 is 19.7 Å². The summed E-state index contributed by atoms with van der Waals surface area (Å²) in [5.41, 5.74) is 0.650. The normalized spacial score (nSPS) is 18.9. The zero-order valence-corrected chi connectivity index (χ0v) is 12.8. The number of hydrogen-bond acceptors (Lipinski definition) is 4.